The van der Waals surface area contributed by atoms with Gasteiger partial charge >= 0.3 is 11.9 Å². The SMILES string of the molecule is CCC(C)CCCCCCC(=O)OC(=O)c1ccc(F)cc1. The van der Waals surface area contributed by atoms with Crippen LogP contribution in [0.1, 0.15) is 69.2 Å². The summed E-state index contributed by atoms with van der Waals surface area (Å²) >= 11 is 0. The van der Waals surface area contributed by atoms with E-state index in [-0.39, 0.29) is 12.0 Å². The molecule has 122 valence electrons. The molecule has 1 unspecified atom stereocenters. The first kappa shape index (κ1) is 18.3. The van der Waals surface area contributed by atoms with Gasteiger partial charge in [-0.3, -0.25) is 4.79 Å². The Hall–Kier alpha value is -1.71. The Labute approximate surface area is 131 Å². The van der Waals surface area contributed by atoms with Gasteiger partial charge in [-0.15, -0.1) is 0 Å². The number of unbranched alkanes of at least 4 members (excludes halogenated alkanes) is 3. The molecule has 1 atom stereocenters. The van der Waals surface area contributed by atoms with E-state index in [1.54, 1.807) is 0 Å². The first-order valence-electron chi connectivity index (χ1n) is 8.03. The van der Waals surface area contributed by atoms with Crippen molar-refractivity contribution in [1.29, 1.82) is 0 Å². The number of halogens is 1. The van der Waals surface area contributed by atoms with Gasteiger partial charge in [0.25, 0.3) is 0 Å². The van der Waals surface area contributed by atoms with Gasteiger partial charge in [0.2, 0.25) is 0 Å². The molecule has 0 N–H and O–H groups in total. The van der Waals surface area contributed by atoms with Gasteiger partial charge in [-0.05, 0) is 36.6 Å². The fourth-order valence-electron chi connectivity index (χ4n) is 2.12. The maximum Gasteiger partial charge on any atom is 0.345 e. The summed E-state index contributed by atoms with van der Waals surface area (Å²) in [5.41, 5.74) is 0.184. The molecule has 0 heterocycles. The second kappa shape index (κ2) is 10.1. The zero-order valence-electron chi connectivity index (χ0n) is 13.4. The summed E-state index contributed by atoms with van der Waals surface area (Å²) in [6.45, 7) is 4.44. The standard InChI is InChI=1S/C18H25FO3/c1-3-14(2)8-6-4-5-7-9-17(20)22-18(21)15-10-12-16(19)13-11-15/h10-14H,3-9H2,1-2H3. The Morgan fingerprint density at radius 2 is 1.73 bits per heavy atom. The van der Waals surface area contributed by atoms with Gasteiger partial charge in [0.15, 0.2) is 0 Å². The van der Waals surface area contributed by atoms with Crippen molar-refractivity contribution in [2.75, 3.05) is 0 Å². The molecule has 0 fully saturated rings. The average Bonchev–Trinajstić information content (AvgIpc) is 2.50. The monoisotopic (exact) mass is 308 g/mol. The molecule has 3 nitrogen and oxygen atoms in total. The molecule has 0 aliphatic carbocycles. The van der Waals surface area contributed by atoms with Crippen molar-refractivity contribution < 1.29 is 18.7 Å². The number of ether oxygens (including phenoxy) is 1. The lowest BCUT2D eigenvalue weighted by atomic mass is 10.0. The largest absolute Gasteiger partial charge is 0.389 e. The Balaban J connectivity index is 2.15. The highest BCUT2D eigenvalue weighted by Gasteiger charge is 2.12. The fraction of sp³-hybridized carbons (Fsp3) is 0.556. The number of hydrogen-bond acceptors (Lipinski definition) is 3. The Kier molecular flexibility index (Phi) is 8.41. The van der Waals surface area contributed by atoms with Gasteiger partial charge in [-0.25, -0.2) is 9.18 Å². The second-order valence-corrected chi connectivity index (χ2v) is 5.73. The van der Waals surface area contributed by atoms with Gasteiger partial charge in [-0.1, -0.05) is 46.0 Å². The van der Waals surface area contributed by atoms with E-state index in [1.807, 2.05) is 0 Å². The van der Waals surface area contributed by atoms with E-state index in [9.17, 15) is 14.0 Å². The molecule has 0 aliphatic heterocycles. The van der Waals surface area contributed by atoms with Crippen LogP contribution in [0.25, 0.3) is 0 Å². The Morgan fingerprint density at radius 1 is 1.09 bits per heavy atom. The van der Waals surface area contributed by atoms with Crippen molar-refractivity contribution in [1.82, 2.24) is 0 Å². The van der Waals surface area contributed by atoms with Crippen LogP contribution in [0.5, 0.6) is 0 Å². The van der Waals surface area contributed by atoms with Crippen LogP contribution in [0.3, 0.4) is 0 Å². The lowest BCUT2D eigenvalue weighted by molar-refractivity contribution is -0.138. The summed E-state index contributed by atoms with van der Waals surface area (Å²) in [7, 11) is 0. The summed E-state index contributed by atoms with van der Waals surface area (Å²) in [5.74, 6) is -0.906. The molecular formula is C18H25FO3. The Morgan fingerprint density at radius 3 is 2.36 bits per heavy atom. The highest BCUT2D eigenvalue weighted by Crippen LogP contribution is 2.14. The van der Waals surface area contributed by atoms with Crippen LogP contribution in [-0.2, 0) is 9.53 Å². The summed E-state index contributed by atoms with van der Waals surface area (Å²) in [6, 6.07) is 4.94. The van der Waals surface area contributed by atoms with Gasteiger partial charge in [0, 0.05) is 6.42 Å². The Bertz CT molecular complexity index is 468. The minimum absolute atomic E-state index is 0.184. The summed E-state index contributed by atoms with van der Waals surface area (Å²) in [6.07, 6.45) is 6.66. The van der Waals surface area contributed by atoms with E-state index < -0.39 is 17.8 Å². The minimum Gasteiger partial charge on any atom is -0.389 e. The van der Waals surface area contributed by atoms with Crippen LogP contribution in [0.2, 0.25) is 0 Å². The highest BCUT2D eigenvalue weighted by molar-refractivity contribution is 5.96. The zero-order chi connectivity index (χ0) is 16.4. The molecule has 0 saturated heterocycles. The third-order valence-corrected chi connectivity index (χ3v) is 3.81. The van der Waals surface area contributed by atoms with Crippen LogP contribution < -0.4 is 0 Å². The van der Waals surface area contributed by atoms with Gasteiger partial charge in [0.1, 0.15) is 5.82 Å². The summed E-state index contributed by atoms with van der Waals surface area (Å²) < 4.78 is 17.5. The normalized spacial score (nSPS) is 12.0. The van der Waals surface area contributed by atoms with E-state index in [2.05, 4.69) is 13.8 Å². The first-order chi connectivity index (χ1) is 10.5. The van der Waals surface area contributed by atoms with Crippen LogP contribution in [-0.4, -0.2) is 11.9 Å². The number of carbonyl (C=O) groups excluding carboxylic acids is 2. The van der Waals surface area contributed by atoms with Crippen molar-refractivity contribution >= 4 is 11.9 Å². The summed E-state index contributed by atoms with van der Waals surface area (Å²) in [4.78, 5) is 23.2. The molecular weight excluding hydrogens is 283 g/mol. The van der Waals surface area contributed by atoms with Crippen LogP contribution in [0, 0.1) is 11.7 Å². The fourth-order valence-corrected chi connectivity index (χ4v) is 2.12. The van der Waals surface area contributed by atoms with E-state index in [4.69, 9.17) is 4.74 Å². The lowest BCUT2D eigenvalue weighted by Crippen LogP contribution is -2.12. The predicted octanol–water partition coefficient (Wildman–Crippen LogP) is 4.90. The topological polar surface area (TPSA) is 43.4 Å². The van der Waals surface area contributed by atoms with E-state index in [0.717, 1.165) is 25.2 Å². The molecule has 22 heavy (non-hydrogen) atoms. The van der Waals surface area contributed by atoms with E-state index in [1.165, 1.54) is 43.5 Å². The highest BCUT2D eigenvalue weighted by atomic mass is 19.1. The van der Waals surface area contributed by atoms with Crippen molar-refractivity contribution in [3.05, 3.63) is 35.6 Å². The van der Waals surface area contributed by atoms with E-state index >= 15 is 0 Å². The van der Waals surface area contributed by atoms with Crippen LogP contribution >= 0.6 is 0 Å². The molecule has 1 aromatic carbocycles. The average molecular weight is 308 g/mol. The van der Waals surface area contributed by atoms with Crippen molar-refractivity contribution in [3.8, 4) is 0 Å². The maximum absolute atomic E-state index is 12.7. The molecule has 1 aromatic rings. The van der Waals surface area contributed by atoms with Gasteiger partial charge in [0.05, 0.1) is 5.56 Å². The van der Waals surface area contributed by atoms with Crippen LogP contribution in [0.15, 0.2) is 24.3 Å². The van der Waals surface area contributed by atoms with Gasteiger partial charge < -0.3 is 4.74 Å². The number of hydrogen-bond donors (Lipinski definition) is 0. The second-order valence-electron chi connectivity index (χ2n) is 5.73. The van der Waals surface area contributed by atoms with E-state index in [0.29, 0.717) is 0 Å². The lowest BCUT2D eigenvalue weighted by Gasteiger charge is -2.07. The molecule has 0 amide bonds. The number of rotatable bonds is 9. The van der Waals surface area contributed by atoms with Gasteiger partial charge in [-0.2, -0.15) is 0 Å². The van der Waals surface area contributed by atoms with Crippen molar-refractivity contribution in [2.45, 2.75) is 58.8 Å². The number of carbonyl (C=O) groups is 2. The zero-order valence-corrected chi connectivity index (χ0v) is 13.4. The molecule has 1 rings (SSSR count). The third-order valence-electron chi connectivity index (χ3n) is 3.81. The molecule has 0 saturated carbocycles. The maximum atomic E-state index is 12.7. The number of benzene rings is 1. The molecule has 4 heteroatoms. The molecule has 0 aromatic heterocycles. The van der Waals surface area contributed by atoms with Crippen LogP contribution in [0.4, 0.5) is 4.39 Å². The molecule has 0 spiro atoms. The molecule has 0 aliphatic rings. The minimum atomic E-state index is -0.721. The molecule has 0 radical (unpaired) electrons. The van der Waals surface area contributed by atoms with Crippen molar-refractivity contribution in [3.63, 3.8) is 0 Å². The predicted molar refractivity (Wildman–Crippen MR) is 84.0 cm³/mol. The first-order valence-corrected chi connectivity index (χ1v) is 8.03. The number of esters is 2. The summed E-state index contributed by atoms with van der Waals surface area (Å²) in [5, 5.41) is 0. The smallest absolute Gasteiger partial charge is 0.345 e. The quantitative estimate of drug-likeness (QED) is 0.370. The van der Waals surface area contributed by atoms with Crippen molar-refractivity contribution in [2.24, 2.45) is 5.92 Å². The third kappa shape index (κ3) is 7.34. The molecule has 0 bridgehead atoms.